The van der Waals surface area contributed by atoms with E-state index in [9.17, 15) is 29.4 Å². The molecule has 5 atom stereocenters. The number of aromatic nitrogens is 4. The van der Waals surface area contributed by atoms with Crippen LogP contribution in [0.4, 0.5) is 5.82 Å². The number of rotatable bonds is 9. The fourth-order valence-electron chi connectivity index (χ4n) is 3.40. The van der Waals surface area contributed by atoms with Crippen LogP contribution in [0.2, 0.25) is 5.28 Å². The van der Waals surface area contributed by atoms with Gasteiger partial charge in [0.1, 0.15) is 18.3 Å². The monoisotopic (exact) mass is 507 g/mol. The summed E-state index contributed by atoms with van der Waals surface area (Å²) in [5.41, 5.74) is 0.635. The molecule has 4 rings (SSSR count). The lowest BCUT2D eigenvalue weighted by molar-refractivity contribution is -0.155. The van der Waals surface area contributed by atoms with Gasteiger partial charge in [-0.1, -0.05) is 0 Å². The molecule has 1 aliphatic carbocycles. The van der Waals surface area contributed by atoms with Gasteiger partial charge in [-0.05, 0) is 31.4 Å². The Morgan fingerprint density at radius 1 is 1.36 bits per heavy atom. The van der Waals surface area contributed by atoms with Gasteiger partial charge in [-0.25, -0.2) is 9.78 Å². The number of ether oxygens (including phenoxy) is 3. The molecule has 2 fully saturated rings. The van der Waals surface area contributed by atoms with Crippen LogP contribution < -0.4 is 5.32 Å². The van der Waals surface area contributed by atoms with Gasteiger partial charge in [0.2, 0.25) is 5.28 Å². The molecule has 3 heterocycles. The maximum atomic E-state index is 11.8. The lowest BCUT2D eigenvalue weighted by atomic mass is 10.1. The third-order valence-electron chi connectivity index (χ3n) is 5.14. The zero-order valence-electron chi connectivity index (χ0n) is 17.3. The van der Waals surface area contributed by atoms with E-state index in [1.165, 1.54) is 17.8 Å². The first-order valence-corrected chi connectivity index (χ1v) is 12.2. The Morgan fingerprint density at radius 2 is 2.09 bits per heavy atom. The molecule has 2 aromatic rings. The molecule has 1 saturated carbocycles. The highest BCUT2D eigenvalue weighted by Gasteiger charge is 2.46. The number of fused-ring (bicyclic) bond motifs is 1. The molecular formula is C17H23ClN5O9P. The number of aliphatic hydroxyl groups excluding tert-OH is 2. The molecule has 1 aliphatic heterocycles. The Balaban J connectivity index is 1.53. The molecule has 0 aromatic carbocycles. The maximum Gasteiger partial charge on any atom is 0.365 e. The summed E-state index contributed by atoms with van der Waals surface area (Å²) in [5.74, 6) is -3.02. The number of carbonyl (C=O) groups is 1. The van der Waals surface area contributed by atoms with Gasteiger partial charge in [0.05, 0.1) is 19.5 Å². The predicted molar refractivity (Wildman–Crippen MR) is 111 cm³/mol. The zero-order chi connectivity index (χ0) is 23.9. The topological polar surface area (TPSA) is 198 Å². The summed E-state index contributed by atoms with van der Waals surface area (Å²) >= 11 is 6.05. The molecule has 1 saturated heterocycles. The van der Waals surface area contributed by atoms with Crippen LogP contribution in [0.1, 0.15) is 26.0 Å². The first-order valence-electron chi connectivity index (χ1n) is 10.1. The second kappa shape index (κ2) is 9.39. The molecule has 0 spiro atoms. The number of hydrogen-bond acceptors (Lipinski definition) is 11. The molecule has 33 heavy (non-hydrogen) atoms. The highest BCUT2D eigenvalue weighted by Crippen LogP contribution is 2.43. The van der Waals surface area contributed by atoms with Crippen LogP contribution in [-0.4, -0.2) is 88.9 Å². The van der Waals surface area contributed by atoms with Crippen LogP contribution in [0.25, 0.3) is 11.2 Å². The minimum Gasteiger partial charge on any atom is -0.464 e. The summed E-state index contributed by atoms with van der Waals surface area (Å²) in [6.45, 7) is 0.744. The Hall–Kier alpha value is -1.90. The fraction of sp³-hybridized carbons (Fsp3) is 0.647. The number of esters is 1. The van der Waals surface area contributed by atoms with E-state index in [1.807, 2.05) is 0 Å². The van der Waals surface area contributed by atoms with E-state index in [2.05, 4.69) is 25.0 Å². The largest absolute Gasteiger partial charge is 0.464 e. The van der Waals surface area contributed by atoms with Crippen LogP contribution in [0, 0.1) is 0 Å². The number of imidazole rings is 1. The Kier molecular flexibility index (Phi) is 6.90. The third-order valence-corrected chi connectivity index (χ3v) is 6.28. The van der Waals surface area contributed by atoms with E-state index in [0.29, 0.717) is 11.3 Å². The third kappa shape index (κ3) is 5.12. The van der Waals surface area contributed by atoms with Crippen molar-refractivity contribution in [3.05, 3.63) is 11.6 Å². The van der Waals surface area contributed by atoms with Gasteiger partial charge < -0.3 is 39.5 Å². The average Bonchev–Trinajstić information content (AvgIpc) is 3.38. The van der Waals surface area contributed by atoms with E-state index in [4.69, 9.17) is 21.1 Å². The molecule has 5 N–H and O–H groups in total. The molecule has 0 radical (unpaired) electrons. The van der Waals surface area contributed by atoms with Crippen molar-refractivity contribution >= 4 is 42.1 Å². The number of halogens is 1. The summed E-state index contributed by atoms with van der Waals surface area (Å²) < 4.78 is 28.3. The van der Waals surface area contributed by atoms with Crippen LogP contribution in [0.15, 0.2) is 6.33 Å². The van der Waals surface area contributed by atoms with Crippen molar-refractivity contribution < 1.29 is 43.6 Å². The molecule has 2 aromatic heterocycles. The van der Waals surface area contributed by atoms with E-state index in [-0.39, 0.29) is 23.6 Å². The van der Waals surface area contributed by atoms with E-state index in [1.54, 1.807) is 0 Å². The van der Waals surface area contributed by atoms with E-state index >= 15 is 0 Å². The molecule has 2 aliphatic rings. The Bertz CT molecular complexity index is 1080. The van der Waals surface area contributed by atoms with Crippen molar-refractivity contribution in [2.75, 3.05) is 18.5 Å². The molecule has 0 bridgehead atoms. The van der Waals surface area contributed by atoms with Crippen LogP contribution >= 0.6 is 19.2 Å². The molecule has 182 valence electrons. The van der Waals surface area contributed by atoms with E-state index < -0.39 is 50.6 Å². The van der Waals surface area contributed by atoms with Gasteiger partial charge in [0.15, 0.2) is 23.2 Å². The Labute approximate surface area is 192 Å². The molecule has 0 amide bonds. The summed E-state index contributed by atoms with van der Waals surface area (Å²) in [6.07, 6.45) is -2.06. The number of nitrogens with one attached hydrogen (secondary N) is 1. The minimum absolute atomic E-state index is 0.0563. The smallest absolute Gasteiger partial charge is 0.365 e. The van der Waals surface area contributed by atoms with Crippen molar-refractivity contribution in [2.45, 2.75) is 56.2 Å². The summed E-state index contributed by atoms with van der Waals surface area (Å²) in [7, 11) is -5.02. The maximum absolute atomic E-state index is 11.8. The zero-order valence-corrected chi connectivity index (χ0v) is 19.0. The van der Waals surface area contributed by atoms with Crippen LogP contribution in [0.3, 0.4) is 0 Å². The number of anilines is 1. The van der Waals surface area contributed by atoms with Crippen molar-refractivity contribution in [3.8, 4) is 0 Å². The number of carbonyl (C=O) groups excluding carboxylic acids is 1. The lowest BCUT2D eigenvalue weighted by Crippen LogP contribution is -2.36. The Morgan fingerprint density at radius 3 is 2.73 bits per heavy atom. The van der Waals surface area contributed by atoms with Crippen LogP contribution in [-0.2, 0) is 23.6 Å². The molecule has 14 nitrogen and oxygen atoms in total. The van der Waals surface area contributed by atoms with E-state index in [0.717, 1.165) is 12.8 Å². The molecular weight excluding hydrogens is 485 g/mol. The van der Waals surface area contributed by atoms with Crippen molar-refractivity contribution in [3.63, 3.8) is 0 Å². The fourth-order valence-corrected chi connectivity index (χ4v) is 4.19. The number of nitrogens with zero attached hydrogens (tertiary/aromatic N) is 4. The standard InChI is InChI=1S/C17H23ClN5O9P/c1-2-30-15(26)16(33(27,28)29)31-5-8-10(24)11(25)14(32-8)23-6-19-9-12(20-7-3-4-7)21-17(18)22-13(9)23/h6-8,10-11,14,16,24-25H,2-5H2,1H3,(H,20,21,22)(H2,27,28,29). The number of hydrogen-bond donors (Lipinski definition) is 5. The predicted octanol–water partition coefficient (Wildman–Crippen LogP) is -0.243. The summed E-state index contributed by atoms with van der Waals surface area (Å²) in [4.78, 5) is 43.2. The second-order valence-corrected chi connectivity index (χ2v) is 9.64. The van der Waals surface area contributed by atoms with Crippen molar-refractivity contribution in [2.24, 2.45) is 0 Å². The SMILES string of the molecule is CCOC(=O)C(OCC1OC(n2cnc3c(NC4CC4)nc(Cl)nc32)C(O)C1O)P(=O)(O)O. The highest BCUT2D eigenvalue weighted by atomic mass is 35.5. The molecule has 5 unspecified atom stereocenters. The minimum atomic E-state index is -5.02. The highest BCUT2D eigenvalue weighted by molar-refractivity contribution is 7.53. The lowest BCUT2D eigenvalue weighted by Gasteiger charge is -2.20. The second-order valence-electron chi connectivity index (χ2n) is 7.66. The number of aliphatic hydroxyl groups is 2. The van der Waals surface area contributed by atoms with Gasteiger partial charge in [0, 0.05) is 6.04 Å². The van der Waals surface area contributed by atoms with Gasteiger partial charge >= 0.3 is 13.6 Å². The van der Waals surface area contributed by atoms with Crippen molar-refractivity contribution in [1.29, 1.82) is 0 Å². The first-order chi connectivity index (χ1) is 15.6. The van der Waals surface area contributed by atoms with Crippen LogP contribution in [0.5, 0.6) is 0 Å². The van der Waals surface area contributed by atoms with Gasteiger partial charge in [0.25, 0.3) is 5.85 Å². The van der Waals surface area contributed by atoms with Gasteiger partial charge in [-0.2, -0.15) is 9.97 Å². The first kappa shape index (κ1) is 24.2. The summed E-state index contributed by atoms with van der Waals surface area (Å²) in [6, 6.07) is 0.266. The van der Waals surface area contributed by atoms with Gasteiger partial charge in [-0.3, -0.25) is 9.13 Å². The quantitative estimate of drug-likeness (QED) is 0.169. The van der Waals surface area contributed by atoms with Crippen molar-refractivity contribution in [1.82, 2.24) is 19.5 Å². The molecule has 16 heteroatoms. The normalized spacial score (nSPS) is 26.5. The average molecular weight is 508 g/mol. The summed E-state index contributed by atoms with van der Waals surface area (Å²) in [5, 5.41) is 24.1. The van der Waals surface area contributed by atoms with Gasteiger partial charge in [-0.15, -0.1) is 0 Å².